The van der Waals surface area contributed by atoms with Crippen molar-refractivity contribution in [3.05, 3.63) is 72.9 Å². The first-order valence-electron chi connectivity index (χ1n) is 21.6. The van der Waals surface area contributed by atoms with Gasteiger partial charge in [-0.25, -0.2) is 0 Å². The van der Waals surface area contributed by atoms with Crippen LogP contribution in [-0.2, 0) is 19.1 Å². The van der Waals surface area contributed by atoms with Crippen molar-refractivity contribution in [2.45, 2.75) is 193 Å². The summed E-state index contributed by atoms with van der Waals surface area (Å²) in [5.41, 5.74) is 0. The Bertz CT molecular complexity index is 1040. The minimum Gasteiger partial charge on any atom is -0.462 e. The van der Waals surface area contributed by atoms with E-state index < -0.39 is 30.9 Å². The molecule has 0 saturated heterocycles. The fraction of sp³-hybridized carbons (Fsp3) is 0.702. The molecule has 0 amide bonds. The Morgan fingerprint density at radius 1 is 0.574 bits per heavy atom. The number of carbonyl (C=O) groups is 2. The number of aliphatic hydroxyl groups is 3. The number of ether oxygens (including phenoxy) is 2. The predicted octanol–water partition coefficient (Wildman–Crippen LogP) is 11.5. The van der Waals surface area contributed by atoms with Crippen LogP contribution in [0.5, 0.6) is 0 Å². The van der Waals surface area contributed by atoms with E-state index in [1.165, 1.54) is 89.9 Å². The average molecular weight is 757 g/mol. The van der Waals surface area contributed by atoms with Crippen molar-refractivity contribution in [3.8, 4) is 0 Å². The number of hydrogen-bond acceptors (Lipinski definition) is 7. The molecule has 3 atom stereocenters. The molecule has 0 aliphatic heterocycles. The highest BCUT2D eigenvalue weighted by Crippen LogP contribution is 2.15. The van der Waals surface area contributed by atoms with Gasteiger partial charge >= 0.3 is 11.9 Å². The molecular weight excluding hydrogens is 677 g/mol. The second-order valence-electron chi connectivity index (χ2n) is 14.9. The lowest BCUT2D eigenvalue weighted by Crippen LogP contribution is -2.28. The van der Waals surface area contributed by atoms with Gasteiger partial charge in [-0.3, -0.25) is 9.59 Å². The normalized spacial score (nSPS) is 14.2. The Balaban J connectivity index is 3.77. The topological polar surface area (TPSA) is 113 Å². The summed E-state index contributed by atoms with van der Waals surface area (Å²) >= 11 is 0. The average Bonchev–Trinajstić information content (AvgIpc) is 3.15. The SMILES string of the molecule is CC/C=C\C[C@H](O)/C=C/C=C\C=C\[C@H](O)C/C=C\C/C=C\CCC(=O)O[C@@H](CO)COC(=O)CCCCCCCCCCCCCCCCCCC(C)C. The number of carbonyl (C=O) groups excluding carboxylic acids is 2. The quantitative estimate of drug-likeness (QED) is 0.0250. The molecule has 0 aliphatic rings. The maximum Gasteiger partial charge on any atom is 0.306 e. The first-order valence-corrected chi connectivity index (χ1v) is 21.6. The van der Waals surface area contributed by atoms with Crippen LogP contribution >= 0.6 is 0 Å². The van der Waals surface area contributed by atoms with Gasteiger partial charge in [-0.15, -0.1) is 0 Å². The van der Waals surface area contributed by atoms with E-state index in [-0.39, 0.29) is 19.0 Å². The van der Waals surface area contributed by atoms with Crippen molar-refractivity contribution in [3.63, 3.8) is 0 Å². The van der Waals surface area contributed by atoms with E-state index in [1.807, 2.05) is 48.6 Å². The lowest BCUT2D eigenvalue weighted by atomic mass is 10.0. The Kier molecular flexibility index (Phi) is 37.9. The number of unbranched alkanes of at least 4 members (excludes halogenated alkanes) is 15. The Labute approximate surface area is 330 Å². The van der Waals surface area contributed by atoms with E-state index in [0.29, 0.717) is 32.1 Å². The predicted molar refractivity (Wildman–Crippen MR) is 226 cm³/mol. The molecule has 7 nitrogen and oxygen atoms in total. The second kappa shape index (κ2) is 39.9. The summed E-state index contributed by atoms with van der Waals surface area (Å²) in [4.78, 5) is 24.3. The number of esters is 2. The molecule has 0 aromatic carbocycles. The summed E-state index contributed by atoms with van der Waals surface area (Å²) in [5, 5.41) is 29.4. The molecule has 0 spiro atoms. The third-order valence-electron chi connectivity index (χ3n) is 9.12. The van der Waals surface area contributed by atoms with Crippen LogP contribution in [-0.4, -0.2) is 58.8 Å². The van der Waals surface area contributed by atoms with E-state index in [4.69, 9.17) is 9.47 Å². The summed E-state index contributed by atoms with van der Waals surface area (Å²) in [6.45, 7) is 6.16. The minimum absolute atomic E-state index is 0.129. The second-order valence-corrected chi connectivity index (χ2v) is 14.9. The van der Waals surface area contributed by atoms with Gasteiger partial charge in [0.2, 0.25) is 0 Å². The first kappa shape index (κ1) is 51.3. The summed E-state index contributed by atoms with van der Waals surface area (Å²) in [6.07, 6.45) is 46.1. The van der Waals surface area contributed by atoms with Gasteiger partial charge in [0.25, 0.3) is 0 Å². The molecule has 54 heavy (non-hydrogen) atoms. The largest absolute Gasteiger partial charge is 0.462 e. The Morgan fingerprint density at radius 3 is 1.56 bits per heavy atom. The lowest BCUT2D eigenvalue weighted by molar-refractivity contribution is -0.161. The molecule has 0 heterocycles. The molecule has 0 rings (SSSR count). The fourth-order valence-corrected chi connectivity index (χ4v) is 5.82. The van der Waals surface area contributed by atoms with E-state index in [0.717, 1.165) is 31.6 Å². The number of hydrogen-bond donors (Lipinski definition) is 3. The highest BCUT2D eigenvalue weighted by molar-refractivity contribution is 5.70. The molecular formula is C47H80O7. The van der Waals surface area contributed by atoms with Gasteiger partial charge in [0, 0.05) is 12.8 Å². The third kappa shape index (κ3) is 39.0. The standard InChI is InChI=1S/C47H80O7/c1-4-5-26-34-43(49)36-29-24-25-30-37-44(50)35-28-21-18-19-23-32-39-47(52)54-45(40-48)41-53-46(51)38-31-22-17-15-13-11-9-7-6-8-10-12-14-16-20-27-33-42(2)3/h5,19,21,23-26,28-30,36-37,42-45,48-50H,4,6-18,20,22,27,31-35,38-41H2,1-3H3/b23-19-,25-24-,26-5-,28-21-,36-29+,37-30+/t43-,44+,45-/m0/s1. The Morgan fingerprint density at radius 2 is 1.06 bits per heavy atom. The molecule has 0 radical (unpaired) electrons. The van der Waals surface area contributed by atoms with Gasteiger partial charge in [0.15, 0.2) is 6.10 Å². The van der Waals surface area contributed by atoms with Crippen LogP contribution in [0, 0.1) is 5.92 Å². The molecule has 0 aromatic rings. The molecule has 0 saturated carbocycles. The van der Waals surface area contributed by atoms with Crippen LogP contribution in [0.15, 0.2) is 72.9 Å². The number of aliphatic hydroxyl groups excluding tert-OH is 3. The summed E-state index contributed by atoms with van der Waals surface area (Å²) in [7, 11) is 0. The molecule has 0 aliphatic carbocycles. The monoisotopic (exact) mass is 757 g/mol. The molecule has 3 N–H and O–H groups in total. The van der Waals surface area contributed by atoms with Crippen LogP contribution in [0.2, 0.25) is 0 Å². The van der Waals surface area contributed by atoms with Crippen molar-refractivity contribution < 1.29 is 34.4 Å². The van der Waals surface area contributed by atoms with Crippen molar-refractivity contribution >= 4 is 11.9 Å². The van der Waals surface area contributed by atoms with Crippen LogP contribution < -0.4 is 0 Å². The maximum atomic E-state index is 12.2. The van der Waals surface area contributed by atoms with Crippen molar-refractivity contribution in [2.24, 2.45) is 5.92 Å². The summed E-state index contributed by atoms with van der Waals surface area (Å²) in [6, 6.07) is 0. The maximum absolute atomic E-state index is 12.2. The van der Waals surface area contributed by atoms with Crippen molar-refractivity contribution in [1.29, 1.82) is 0 Å². The number of rotatable bonds is 37. The third-order valence-corrected chi connectivity index (χ3v) is 9.12. The van der Waals surface area contributed by atoms with Gasteiger partial charge in [-0.2, -0.15) is 0 Å². The number of allylic oxidation sites excluding steroid dienone is 8. The van der Waals surface area contributed by atoms with Gasteiger partial charge in [0.05, 0.1) is 18.8 Å². The van der Waals surface area contributed by atoms with E-state index >= 15 is 0 Å². The smallest absolute Gasteiger partial charge is 0.306 e. The van der Waals surface area contributed by atoms with E-state index in [2.05, 4.69) is 20.8 Å². The van der Waals surface area contributed by atoms with Gasteiger partial charge < -0.3 is 24.8 Å². The molecule has 0 bridgehead atoms. The van der Waals surface area contributed by atoms with E-state index in [1.54, 1.807) is 24.3 Å². The summed E-state index contributed by atoms with van der Waals surface area (Å²) in [5.74, 6) is 0.0893. The highest BCUT2D eigenvalue weighted by Gasteiger charge is 2.15. The fourth-order valence-electron chi connectivity index (χ4n) is 5.82. The molecule has 0 aromatic heterocycles. The summed E-state index contributed by atoms with van der Waals surface area (Å²) < 4.78 is 10.5. The van der Waals surface area contributed by atoms with Gasteiger partial charge in [0.1, 0.15) is 6.61 Å². The zero-order valence-electron chi connectivity index (χ0n) is 34.6. The molecule has 310 valence electrons. The first-order chi connectivity index (χ1) is 26.3. The van der Waals surface area contributed by atoms with Crippen LogP contribution in [0.4, 0.5) is 0 Å². The van der Waals surface area contributed by atoms with E-state index in [9.17, 15) is 24.9 Å². The zero-order valence-corrected chi connectivity index (χ0v) is 34.6. The molecule has 7 heteroatoms. The Hall–Kier alpha value is -2.74. The van der Waals surface area contributed by atoms with Crippen LogP contribution in [0.3, 0.4) is 0 Å². The van der Waals surface area contributed by atoms with Crippen LogP contribution in [0.25, 0.3) is 0 Å². The van der Waals surface area contributed by atoms with Gasteiger partial charge in [-0.05, 0) is 44.4 Å². The zero-order chi connectivity index (χ0) is 39.7. The van der Waals surface area contributed by atoms with Crippen LogP contribution in [0.1, 0.15) is 175 Å². The molecule has 0 unspecified atom stereocenters. The van der Waals surface area contributed by atoms with Gasteiger partial charge in [-0.1, -0.05) is 196 Å². The minimum atomic E-state index is -0.851. The highest BCUT2D eigenvalue weighted by atomic mass is 16.6. The van der Waals surface area contributed by atoms with Crippen molar-refractivity contribution in [1.82, 2.24) is 0 Å². The van der Waals surface area contributed by atoms with Crippen molar-refractivity contribution in [2.75, 3.05) is 13.2 Å². The lowest BCUT2D eigenvalue weighted by Gasteiger charge is -2.15. The molecule has 0 fully saturated rings.